The average Bonchev–Trinajstić information content (AvgIpc) is 3.14. The Kier molecular flexibility index (Phi) is 9.36. The van der Waals surface area contributed by atoms with Crippen LogP contribution < -0.4 is 5.56 Å². The van der Waals surface area contributed by atoms with Gasteiger partial charge in [-0.1, -0.05) is 54.1 Å². The van der Waals surface area contributed by atoms with Gasteiger partial charge in [-0.3, -0.25) is 4.79 Å². The number of hydrogen-bond donors (Lipinski definition) is 0. The number of rotatable bonds is 7. The highest BCUT2D eigenvalue weighted by atomic mass is 35.5. The summed E-state index contributed by atoms with van der Waals surface area (Å²) < 4.78 is 14.9. The molecule has 194 valence electrons. The molecule has 0 N–H and O–H groups in total. The normalized spacial score (nSPS) is 16.3. The van der Waals surface area contributed by atoms with Crippen molar-refractivity contribution in [1.29, 1.82) is 0 Å². The van der Waals surface area contributed by atoms with Gasteiger partial charge in [0.05, 0.1) is 17.1 Å². The minimum absolute atomic E-state index is 0. The second-order valence-electron chi connectivity index (χ2n) is 9.70. The molecule has 1 aliphatic rings. The molecule has 4 nitrogen and oxygen atoms in total. The van der Waals surface area contributed by atoms with E-state index < -0.39 is 0 Å². The van der Waals surface area contributed by atoms with Crippen LogP contribution >= 0.6 is 24.0 Å². The summed E-state index contributed by atoms with van der Waals surface area (Å²) >= 11 is 6.07. The lowest BCUT2D eigenvalue weighted by molar-refractivity contribution is 0.275. The molecule has 0 amide bonds. The van der Waals surface area contributed by atoms with E-state index in [9.17, 15) is 9.18 Å². The Bertz CT molecular complexity index is 1370. The number of nitrogens with zero attached hydrogens (tertiary/aromatic N) is 3. The van der Waals surface area contributed by atoms with Crippen LogP contribution in [0.5, 0.6) is 0 Å². The van der Waals surface area contributed by atoms with Gasteiger partial charge in [-0.25, -0.2) is 9.07 Å². The zero-order valence-electron chi connectivity index (χ0n) is 20.8. The Morgan fingerprint density at radius 1 is 0.892 bits per heavy atom. The van der Waals surface area contributed by atoms with Crippen LogP contribution in [0.1, 0.15) is 48.5 Å². The third kappa shape index (κ3) is 6.78. The first-order valence-electron chi connectivity index (χ1n) is 12.8. The Hall–Kier alpha value is -2.73. The Labute approximate surface area is 228 Å². The van der Waals surface area contributed by atoms with E-state index in [2.05, 4.69) is 4.90 Å². The molecular formula is C30H32Cl2FN3O. The van der Waals surface area contributed by atoms with Crippen molar-refractivity contribution in [2.75, 3.05) is 19.6 Å². The lowest BCUT2D eigenvalue weighted by Crippen LogP contribution is -2.30. The van der Waals surface area contributed by atoms with Crippen molar-refractivity contribution in [3.63, 3.8) is 0 Å². The van der Waals surface area contributed by atoms with Gasteiger partial charge >= 0.3 is 0 Å². The second-order valence-corrected chi connectivity index (χ2v) is 10.1. The first-order valence-corrected chi connectivity index (χ1v) is 13.2. The van der Waals surface area contributed by atoms with Gasteiger partial charge in [-0.05, 0) is 86.7 Å². The van der Waals surface area contributed by atoms with Gasteiger partial charge in [0.2, 0.25) is 0 Å². The van der Waals surface area contributed by atoms with Crippen molar-refractivity contribution in [1.82, 2.24) is 14.7 Å². The van der Waals surface area contributed by atoms with Gasteiger partial charge in [-0.15, -0.1) is 12.4 Å². The Morgan fingerprint density at radius 2 is 1.59 bits per heavy atom. The van der Waals surface area contributed by atoms with Gasteiger partial charge in [0, 0.05) is 23.4 Å². The summed E-state index contributed by atoms with van der Waals surface area (Å²) in [6.07, 6.45) is 5.52. The van der Waals surface area contributed by atoms with Crippen molar-refractivity contribution in [2.45, 2.75) is 44.6 Å². The van der Waals surface area contributed by atoms with Crippen LogP contribution in [0.4, 0.5) is 4.39 Å². The SMILES string of the molecule is Cl.O=c1c2ccccc2c(Cc2ccc(Cl)cc2)nn1C1CCCN(CCCc2ccc(F)cc2)CC1. The van der Waals surface area contributed by atoms with E-state index in [0.717, 1.165) is 73.8 Å². The van der Waals surface area contributed by atoms with E-state index in [4.69, 9.17) is 16.7 Å². The van der Waals surface area contributed by atoms with Crippen molar-refractivity contribution in [3.05, 3.63) is 111 Å². The van der Waals surface area contributed by atoms with E-state index in [1.807, 2.05) is 60.7 Å². The summed E-state index contributed by atoms with van der Waals surface area (Å²) in [5, 5.41) is 7.30. The Morgan fingerprint density at radius 3 is 2.35 bits per heavy atom. The zero-order valence-corrected chi connectivity index (χ0v) is 22.4. The molecule has 0 spiro atoms. The summed E-state index contributed by atoms with van der Waals surface area (Å²) in [4.78, 5) is 16.0. The molecule has 0 saturated carbocycles. The van der Waals surface area contributed by atoms with Crippen LogP contribution in [0.2, 0.25) is 5.02 Å². The molecule has 1 aromatic heterocycles. The smallest absolute Gasteiger partial charge is 0.274 e. The molecule has 1 aliphatic heterocycles. The molecule has 0 radical (unpaired) electrons. The van der Waals surface area contributed by atoms with Crippen LogP contribution in [0.3, 0.4) is 0 Å². The third-order valence-electron chi connectivity index (χ3n) is 7.18. The number of aromatic nitrogens is 2. The lowest BCUT2D eigenvalue weighted by atomic mass is 10.0. The number of halogens is 3. The predicted octanol–water partition coefficient (Wildman–Crippen LogP) is 6.86. The lowest BCUT2D eigenvalue weighted by Gasteiger charge is -2.21. The molecule has 7 heteroatoms. The van der Waals surface area contributed by atoms with Gasteiger partial charge in [-0.2, -0.15) is 5.10 Å². The standard InChI is InChI=1S/C30H31ClFN3O.ClH/c31-24-13-9-23(10-14-24)21-29-27-7-1-2-8-28(27)30(36)35(33-29)26-6-4-19-34(20-17-26)18-3-5-22-11-15-25(32)16-12-22;/h1-2,7-16,26H,3-6,17-21H2;1H. The molecule has 1 saturated heterocycles. The fourth-order valence-electron chi connectivity index (χ4n) is 5.21. The summed E-state index contributed by atoms with van der Waals surface area (Å²) in [6.45, 7) is 2.98. The molecule has 4 aromatic rings. The quantitative estimate of drug-likeness (QED) is 0.257. The summed E-state index contributed by atoms with van der Waals surface area (Å²) in [5.41, 5.74) is 3.22. The van der Waals surface area contributed by atoms with E-state index in [0.29, 0.717) is 11.4 Å². The number of aryl methyl sites for hydroxylation is 1. The first kappa shape index (κ1) is 27.3. The largest absolute Gasteiger partial charge is 0.303 e. The highest BCUT2D eigenvalue weighted by molar-refractivity contribution is 6.30. The molecule has 0 bridgehead atoms. The molecule has 37 heavy (non-hydrogen) atoms. The fourth-order valence-corrected chi connectivity index (χ4v) is 5.34. The highest BCUT2D eigenvalue weighted by Gasteiger charge is 2.22. The van der Waals surface area contributed by atoms with E-state index in [1.165, 1.54) is 17.7 Å². The van der Waals surface area contributed by atoms with Crippen molar-refractivity contribution in [3.8, 4) is 0 Å². The highest BCUT2D eigenvalue weighted by Crippen LogP contribution is 2.24. The maximum Gasteiger partial charge on any atom is 0.274 e. The van der Waals surface area contributed by atoms with Crippen LogP contribution in [-0.2, 0) is 12.8 Å². The molecule has 3 aromatic carbocycles. The van der Waals surface area contributed by atoms with Gasteiger partial charge in [0.25, 0.3) is 5.56 Å². The van der Waals surface area contributed by atoms with Crippen molar-refractivity contribution >= 4 is 34.8 Å². The monoisotopic (exact) mass is 539 g/mol. The summed E-state index contributed by atoms with van der Waals surface area (Å²) in [5.74, 6) is -0.189. The number of likely N-dealkylation sites (tertiary alicyclic amines) is 1. The molecule has 5 rings (SSSR count). The van der Waals surface area contributed by atoms with Gasteiger partial charge in [0.15, 0.2) is 0 Å². The van der Waals surface area contributed by atoms with Gasteiger partial charge in [0.1, 0.15) is 5.82 Å². The van der Waals surface area contributed by atoms with Crippen molar-refractivity contribution < 1.29 is 4.39 Å². The molecule has 2 heterocycles. The number of hydrogen-bond acceptors (Lipinski definition) is 3. The molecule has 1 unspecified atom stereocenters. The van der Waals surface area contributed by atoms with Crippen LogP contribution in [0.25, 0.3) is 10.8 Å². The van der Waals surface area contributed by atoms with Crippen molar-refractivity contribution in [2.24, 2.45) is 0 Å². The second kappa shape index (κ2) is 12.7. The Balaban J connectivity index is 0.00000320. The minimum Gasteiger partial charge on any atom is -0.303 e. The van der Waals surface area contributed by atoms with Crippen LogP contribution in [0, 0.1) is 5.82 Å². The molecule has 1 fully saturated rings. The summed E-state index contributed by atoms with van der Waals surface area (Å²) in [6, 6.07) is 22.5. The maximum atomic E-state index is 13.5. The third-order valence-corrected chi connectivity index (χ3v) is 7.43. The predicted molar refractivity (Wildman–Crippen MR) is 152 cm³/mol. The van der Waals surface area contributed by atoms with Crippen LogP contribution in [-0.4, -0.2) is 34.3 Å². The fraction of sp³-hybridized carbons (Fsp3) is 0.333. The number of fused-ring (bicyclic) bond motifs is 1. The van der Waals surface area contributed by atoms with Crippen LogP contribution in [0.15, 0.2) is 77.6 Å². The van der Waals surface area contributed by atoms with E-state index in [-0.39, 0.29) is 29.8 Å². The average molecular weight is 541 g/mol. The topological polar surface area (TPSA) is 38.1 Å². The minimum atomic E-state index is -0.189. The zero-order chi connectivity index (χ0) is 24.9. The molecule has 1 atom stereocenters. The van der Waals surface area contributed by atoms with E-state index >= 15 is 0 Å². The summed E-state index contributed by atoms with van der Waals surface area (Å²) in [7, 11) is 0. The molecular weight excluding hydrogens is 508 g/mol. The first-order chi connectivity index (χ1) is 17.6. The van der Waals surface area contributed by atoms with E-state index in [1.54, 1.807) is 4.68 Å². The maximum absolute atomic E-state index is 13.5. The molecule has 0 aliphatic carbocycles. The van der Waals surface area contributed by atoms with Gasteiger partial charge < -0.3 is 4.90 Å². The number of benzene rings is 3.